The minimum Gasteiger partial charge on any atom is -0.542 e. The Morgan fingerprint density at radius 3 is 2.58 bits per heavy atom. The maximum Gasteiger partial charge on any atom is 0.137 e. The molecule has 0 saturated carbocycles. The van der Waals surface area contributed by atoms with Gasteiger partial charge in [0.05, 0.1) is 6.61 Å². The topological polar surface area (TPSA) is 49.4 Å². The van der Waals surface area contributed by atoms with E-state index in [1.54, 1.807) is 0 Å². The molecule has 0 aliphatic rings. The van der Waals surface area contributed by atoms with E-state index < -0.39 is 5.97 Å². The SMILES string of the molecule is CC/C=C(/OCCCC)C(=O)[O-]. The van der Waals surface area contributed by atoms with Crippen LogP contribution in [0.1, 0.15) is 33.1 Å². The van der Waals surface area contributed by atoms with Gasteiger partial charge in [0.15, 0.2) is 0 Å². The molecule has 0 spiro atoms. The molecule has 3 nitrogen and oxygen atoms in total. The molecule has 0 heterocycles. The molecule has 0 aliphatic heterocycles. The molecule has 0 N–H and O–H groups in total. The molecule has 0 aromatic heterocycles. The molecule has 0 aliphatic carbocycles. The van der Waals surface area contributed by atoms with Gasteiger partial charge < -0.3 is 14.6 Å². The van der Waals surface area contributed by atoms with Crippen LogP contribution in [0, 0.1) is 0 Å². The fraction of sp³-hybridized carbons (Fsp3) is 0.667. The molecule has 0 aromatic rings. The molecule has 0 amide bonds. The van der Waals surface area contributed by atoms with E-state index in [1.807, 2.05) is 13.8 Å². The molecule has 0 aromatic carbocycles. The number of carboxylic acid groups (broad SMARTS) is 1. The lowest BCUT2D eigenvalue weighted by Gasteiger charge is -2.10. The van der Waals surface area contributed by atoms with Crippen LogP contribution in [0.3, 0.4) is 0 Å². The van der Waals surface area contributed by atoms with Crippen molar-refractivity contribution in [3.8, 4) is 0 Å². The number of aliphatic carboxylic acids is 1. The van der Waals surface area contributed by atoms with Crippen molar-refractivity contribution in [2.45, 2.75) is 33.1 Å². The Bertz CT molecular complexity index is 161. The number of hydrogen-bond acceptors (Lipinski definition) is 3. The van der Waals surface area contributed by atoms with E-state index in [0.717, 1.165) is 12.8 Å². The van der Waals surface area contributed by atoms with Crippen molar-refractivity contribution in [2.24, 2.45) is 0 Å². The van der Waals surface area contributed by atoms with Gasteiger partial charge in [-0.15, -0.1) is 0 Å². The molecule has 0 saturated heterocycles. The largest absolute Gasteiger partial charge is 0.542 e. The summed E-state index contributed by atoms with van der Waals surface area (Å²) in [5.41, 5.74) is 0. The lowest BCUT2D eigenvalue weighted by molar-refractivity contribution is -0.303. The molecule has 0 bridgehead atoms. The molecular weight excluding hydrogens is 156 g/mol. The molecular formula is C9H15O3-. The van der Waals surface area contributed by atoms with Crippen LogP contribution in [0.25, 0.3) is 0 Å². The van der Waals surface area contributed by atoms with Crippen LogP contribution in [0.5, 0.6) is 0 Å². The van der Waals surface area contributed by atoms with Crippen molar-refractivity contribution in [1.29, 1.82) is 0 Å². The first-order chi connectivity index (χ1) is 5.72. The Balaban J connectivity index is 3.81. The fourth-order valence-corrected chi connectivity index (χ4v) is 0.713. The highest BCUT2D eigenvalue weighted by Gasteiger charge is 1.96. The van der Waals surface area contributed by atoms with Gasteiger partial charge in [0, 0.05) is 0 Å². The van der Waals surface area contributed by atoms with E-state index in [-0.39, 0.29) is 5.76 Å². The van der Waals surface area contributed by atoms with Crippen LogP contribution < -0.4 is 5.11 Å². The Labute approximate surface area is 73.0 Å². The lowest BCUT2D eigenvalue weighted by Crippen LogP contribution is -2.26. The first-order valence-corrected chi connectivity index (χ1v) is 4.26. The Morgan fingerprint density at radius 1 is 1.50 bits per heavy atom. The summed E-state index contributed by atoms with van der Waals surface area (Å²) in [7, 11) is 0. The summed E-state index contributed by atoms with van der Waals surface area (Å²) in [5.74, 6) is -1.26. The van der Waals surface area contributed by atoms with E-state index in [0.29, 0.717) is 13.0 Å². The molecule has 0 atom stereocenters. The number of ether oxygens (including phenoxy) is 1. The van der Waals surface area contributed by atoms with Gasteiger partial charge in [0.2, 0.25) is 0 Å². The first-order valence-electron chi connectivity index (χ1n) is 4.26. The predicted molar refractivity (Wildman–Crippen MR) is 44.2 cm³/mol. The molecule has 70 valence electrons. The third-order valence-electron chi connectivity index (χ3n) is 1.35. The number of rotatable bonds is 6. The standard InChI is InChI=1S/C9H16O3/c1-3-5-7-12-8(6-4-2)9(10)11/h6H,3-5,7H2,1-2H3,(H,10,11)/p-1/b8-6+. The highest BCUT2D eigenvalue weighted by Crippen LogP contribution is 2.00. The van der Waals surface area contributed by atoms with E-state index >= 15 is 0 Å². The maximum atomic E-state index is 10.4. The van der Waals surface area contributed by atoms with Gasteiger partial charge in [-0.1, -0.05) is 20.3 Å². The zero-order chi connectivity index (χ0) is 9.40. The molecule has 12 heavy (non-hydrogen) atoms. The van der Waals surface area contributed by atoms with Gasteiger partial charge in [-0.05, 0) is 18.9 Å². The molecule has 0 unspecified atom stereocenters. The average molecular weight is 171 g/mol. The summed E-state index contributed by atoms with van der Waals surface area (Å²) in [6.45, 7) is 4.33. The summed E-state index contributed by atoms with van der Waals surface area (Å²) < 4.78 is 4.98. The van der Waals surface area contributed by atoms with Crippen LogP contribution in [0.4, 0.5) is 0 Å². The number of carboxylic acids is 1. The van der Waals surface area contributed by atoms with Gasteiger partial charge in [0.1, 0.15) is 11.7 Å². The number of hydrogen-bond donors (Lipinski definition) is 0. The smallest absolute Gasteiger partial charge is 0.137 e. The van der Waals surface area contributed by atoms with Crippen molar-refractivity contribution >= 4 is 5.97 Å². The molecule has 3 heteroatoms. The zero-order valence-electron chi connectivity index (χ0n) is 7.63. The average Bonchev–Trinajstić information content (AvgIpc) is 2.03. The number of carbonyl (C=O) groups is 1. The lowest BCUT2D eigenvalue weighted by atomic mass is 10.3. The summed E-state index contributed by atoms with van der Waals surface area (Å²) in [5, 5.41) is 10.4. The quantitative estimate of drug-likeness (QED) is 0.338. The van der Waals surface area contributed by atoms with E-state index in [9.17, 15) is 9.90 Å². The fourth-order valence-electron chi connectivity index (χ4n) is 0.713. The van der Waals surface area contributed by atoms with Crippen molar-refractivity contribution in [3.05, 3.63) is 11.8 Å². The van der Waals surface area contributed by atoms with Gasteiger partial charge in [-0.3, -0.25) is 0 Å². The van der Waals surface area contributed by atoms with Gasteiger partial charge in [-0.25, -0.2) is 0 Å². The van der Waals surface area contributed by atoms with Crippen LogP contribution >= 0.6 is 0 Å². The van der Waals surface area contributed by atoms with E-state index in [4.69, 9.17) is 4.74 Å². The zero-order valence-corrected chi connectivity index (χ0v) is 7.63. The van der Waals surface area contributed by atoms with Gasteiger partial charge in [0.25, 0.3) is 0 Å². The molecule has 0 radical (unpaired) electrons. The van der Waals surface area contributed by atoms with Crippen LogP contribution in [-0.2, 0) is 9.53 Å². The second-order valence-corrected chi connectivity index (χ2v) is 2.47. The third kappa shape index (κ3) is 4.77. The Hall–Kier alpha value is -0.990. The van der Waals surface area contributed by atoms with Gasteiger partial charge in [-0.2, -0.15) is 0 Å². The number of unbranched alkanes of at least 4 members (excludes halogenated alkanes) is 1. The normalized spacial score (nSPS) is 11.3. The minimum atomic E-state index is -1.23. The predicted octanol–water partition coefficient (Wildman–Crippen LogP) is 0.847. The van der Waals surface area contributed by atoms with Crippen molar-refractivity contribution < 1.29 is 14.6 Å². The summed E-state index contributed by atoms with van der Waals surface area (Å²) >= 11 is 0. The Morgan fingerprint density at radius 2 is 2.17 bits per heavy atom. The highest BCUT2D eigenvalue weighted by atomic mass is 16.5. The van der Waals surface area contributed by atoms with Crippen LogP contribution in [0.15, 0.2) is 11.8 Å². The Kier molecular flexibility index (Phi) is 6.15. The number of allylic oxidation sites excluding steroid dienone is 1. The summed E-state index contributed by atoms with van der Waals surface area (Å²) in [4.78, 5) is 10.4. The van der Waals surface area contributed by atoms with Crippen molar-refractivity contribution in [3.63, 3.8) is 0 Å². The van der Waals surface area contributed by atoms with E-state index in [1.165, 1.54) is 6.08 Å². The summed E-state index contributed by atoms with van der Waals surface area (Å²) in [6, 6.07) is 0. The monoisotopic (exact) mass is 171 g/mol. The number of carbonyl (C=O) groups excluding carboxylic acids is 1. The van der Waals surface area contributed by atoms with Gasteiger partial charge >= 0.3 is 0 Å². The van der Waals surface area contributed by atoms with Crippen molar-refractivity contribution in [2.75, 3.05) is 6.61 Å². The van der Waals surface area contributed by atoms with Crippen molar-refractivity contribution in [1.82, 2.24) is 0 Å². The highest BCUT2D eigenvalue weighted by molar-refractivity contribution is 5.82. The molecule has 0 fully saturated rings. The molecule has 0 rings (SSSR count). The van der Waals surface area contributed by atoms with E-state index in [2.05, 4.69) is 0 Å². The summed E-state index contributed by atoms with van der Waals surface area (Å²) in [6.07, 6.45) is 4.03. The third-order valence-corrected chi connectivity index (χ3v) is 1.35. The van der Waals surface area contributed by atoms with Crippen LogP contribution in [-0.4, -0.2) is 12.6 Å². The first kappa shape index (κ1) is 11.0. The minimum absolute atomic E-state index is 0.0362. The second kappa shape index (κ2) is 6.70. The maximum absolute atomic E-state index is 10.4. The van der Waals surface area contributed by atoms with Crippen LogP contribution in [0.2, 0.25) is 0 Å². The second-order valence-electron chi connectivity index (χ2n) is 2.47.